The molecule has 1 N–H and O–H groups in total. The molecule has 1 aliphatic rings. The fraction of sp³-hybridized carbons (Fsp3) is 0.647. The summed E-state index contributed by atoms with van der Waals surface area (Å²) in [6, 6.07) is 5.10. The molecule has 1 aromatic carbocycles. The van der Waals surface area contributed by atoms with Crippen LogP contribution < -0.4 is 5.32 Å². The summed E-state index contributed by atoms with van der Waals surface area (Å²) >= 11 is 0. The van der Waals surface area contributed by atoms with E-state index in [0.29, 0.717) is 12.1 Å². The molecule has 0 saturated carbocycles. The molecule has 106 valence electrons. The molecule has 0 bridgehead atoms. The highest BCUT2D eigenvalue weighted by molar-refractivity contribution is 5.38. The van der Waals surface area contributed by atoms with E-state index in [9.17, 15) is 0 Å². The maximum Gasteiger partial charge on any atom is 0.0590 e. The average Bonchev–Trinajstić information content (AvgIpc) is 2.84. The third kappa shape index (κ3) is 3.80. The summed E-state index contributed by atoms with van der Waals surface area (Å²) in [7, 11) is 2.07. The van der Waals surface area contributed by atoms with Crippen LogP contribution in [0.5, 0.6) is 0 Å². The van der Waals surface area contributed by atoms with Crippen molar-refractivity contribution in [1.29, 1.82) is 0 Å². The number of nitrogens with one attached hydrogen (secondary N) is 1. The van der Waals surface area contributed by atoms with Crippen molar-refractivity contribution in [2.24, 2.45) is 0 Å². The van der Waals surface area contributed by atoms with Crippen LogP contribution in [0.1, 0.15) is 41.5 Å². The average molecular weight is 261 g/mol. The molecular weight excluding hydrogens is 234 g/mol. The topological polar surface area (TPSA) is 21.3 Å². The number of hydrogen-bond donors (Lipinski definition) is 1. The van der Waals surface area contributed by atoms with E-state index < -0.39 is 0 Å². The van der Waals surface area contributed by atoms with Gasteiger partial charge in [0.05, 0.1) is 6.10 Å². The molecule has 19 heavy (non-hydrogen) atoms. The summed E-state index contributed by atoms with van der Waals surface area (Å²) < 4.78 is 5.76. The zero-order valence-electron chi connectivity index (χ0n) is 12.8. The smallest absolute Gasteiger partial charge is 0.0590 e. The minimum Gasteiger partial charge on any atom is -0.378 e. The lowest BCUT2D eigenvalue weighted by Crippen LogP contribution is -2.32. The fourth-order valence-electron chi connectivity index (χ4n) is 3.23. The Morgan fingerprint density at radius 1 is 1.26 bits per heavy atom. The SMILES string of the molecule is CNC(Cc1c(C)cc(C)cc1C)CC1CCCO1. The normalized spacial score (nSPS) is 20.7. The van der Waals surface area contributed by atoms with Crippen LogP contribution in [0.4, 0.5) is 0 Å². The molecule has 2 nitrogen and oxygen atoms in total. The Labute approximate surface area is 117 Å². The van der Waals surface area contributed by atoms with Gasteiger partial charge >= 0.3 is 0 Å². The Kier molecular flexibility index (Phi) is 5.00. The third-order valence-electron chi connectivity index (χ3n) is 4.27. The number of hydrogen-bond acceptors (Lipinski definition) is 2. The van der Waals surface area contributed by atoms with Gasteiger partial charge in [-0.2, -0.15) is 0 Å². The molecule has 2 heteroatoms. The van der Waals surface area contributed by atoms with Crippen molar-refractivity contribution in [2.75, 3.05) is 13.7 Å². The van der Waals surface area contributed by atoms with E-state index in [1.54, 1.807) is 0 Å². The van der Waals surface area contributed by atoms with E-state index in [1.807, 2.05) is 0 Å². The van der Waals surface area contributed by atoms with Crippen LogP contribution in [0.3, 0.4) is 0 Å². The minimum absolute atomic E-state index is 0.462. The monoisotopic (exact) mass is 261 g/mol. The third-order valence-corrected chi connectivity index (χ3v) is 4.27. The van der Waals surface area contributed by atoms with Crippen LogP contribution in [-0.2, 0) is 11.2 Å². The lowest BCUT2D eigenvalue weighted by atomic mass is 9.92. The van der Waals surface area contributed by atoms with Crippen LogP contribution in [0.25, 0.3) is 0 Å². The first-order chi connectivity index (χ1) is 9.10. The first-order valence-electron chi connectivity index (χ1n) is 7.45. The highest BCUT2D eigenvalue weighted by Crippen LogP contribution is 2.22. The molecule has 0 spiro atoms. The van der Waals surface area contributed by atoms with E-state index in [1.165, 1.54) is 35.1 Å². The Bertz CT molecular complexity index is 398. The molecule has 0 aromatic heterocycles. The maximum atomic E-state index is 5.76. The predicted octanol–water partition coefficient (Wildman–Crippen LogP) is 3.31. The largest absolute Gasteiger partial charge is 0.378 e. The van der Waals surface area contributed by atoms with E-state index in [4.69, 9.17) is 4.74 Å². The zero-order valence-corrected chi connectivity index (χ0v) is 12.8. The van der Waals surface area contributed by atoms with Gasteiger partial charge in [-0.15, -0.1) is 0 Å². The van der Waals surface area contributed by atoms with Crippen LogP contribution in [0.15, 0.2) is 12.1 Å². The van der Waals surface area contributed by atoms with Gasteiger partial charge in [-0.05, 0) is 70.2 Å². The Hall–Kier alpha value is -0.860. The lowest BCUT2D eigenvalue weighted by molar-refractivity contribution is 0.0954. The molecule has 0 amide bonds. The molecule has 1 fully saturated rings. The fourth-order valence-corrected chi connectivity index (χ4v) is 3.23. The number of likely N-dealkylation sites (N-methyl/N-ethyl adjacent to an activating group) is 1. The van der Waals surface area contributed by atoms with Gasteiger partial charge in [-0.3, -0.25) is 0 Å². The molecule has 0 radical (unpaired) electrons. The summed E-state index contributed by atoms with van der Waals surface area (Å²) in [6.45, 7) is 7.58. The Morgan fingerprint density at radius 3 is 2.47 bits per heavy atom. The van der Waals surface area contributed by atoms with Gasteiger partial charge in [-0.1, -0.05) is 17.7 Å². The standard InChI is InChI=1S/C17H27NO/c1-12-8-13(2)17(14(3)9-12)11-15(18-4)10-16-6-5-7-19-16/h8-9,15-16,18H,5-7,10-11H2,1-4H3. The highest BCUT2D eigenvalue weighted by atomic mass is 16.5. The van der Waals surface area contributed by atoms with E-state index in [2.05, 4.69) is 45.3 Å². The van der Waals surface area contributed by atoms with Gasteiger partial charge < -0.3 is 10.1 Å². The molecule has 1 heterocycles. The van der Waals surface area contributed by atoms with Crippen molar-refractivity contribution in [1.82, 2.24) is 5.32 Å². The number of ether oxygens (including phenoxy) is 1. The zero-order chi connectivity index (χ0) is 13.8. The molecule has 2 atom stereocenters. The van der Waals surface area contributed by atoms with Gasteiger partial charge in [0.25, 0.3) is 0 Å². The van der Waals surface area contributed by atoms with E-state index >= 15 is 0 Å². The van der Waals surface area contributed by atoms with Crippen molar-refractivity contribution < 1.29 is 4.74 Å². The number of aryl methyl sites for hydroxylation is 3. The van der Waals surface area contributed by atoms with E-state index in [-0.39, 0.29) is 0 Å². The quantitative estimate of drug-likeness (QED) is 0.878. The first-order valence-corrected chi connectivity index (χ1v) is 7.45. The molecular formula is C17H27NO. The maximum absolute atomic E-state index is 5.76. The molecule has 1 aliphatic heterocycles. The van der Waals surface area contributed by atoms with Gasteiger partial charge in [0.1, 0.15) is 0 Å². The molecule has 1 saturated heterocycles. The van der Waals surface area contributed by atoms with Crippen molar-refractivity contribution in [2.45, 2.75) is 58.6 Å². The molecule has 0 aliphatic carbocycles. The van der Waals surface area contributed by atoms with Crippen LogP contribution in [0.2, 0.25) is 0 Å². The van der Waals surface area contributed by atoms with Crippen molar-refractivity contribution >= 4 is 0 Å². The van der Waals surface area contributed by atoms with Crippen molar-refractivity contribution in [3.63, 3.8) is 0 Å². The number of benzene rings is 1. The molecule has 1 aromatic rings. The first kappa shape index (κ1) is 14.5. The van der Waals surface area contributed by atoms with E-state index in [0.717, 1.165) is 19.4 Å². The van der Waals surface area contributed by atoms with Crippen LogP contribution >= 0.6 is 0 Å². The second-order valence-electron chi connectivity index (χ2n) is 5.94. The molecule has 2 rings (SSSR count). The van der Waals surface area contributed by atoms with Gasteiger partial charge in [0, 0.05) is 12.6 Å². The summed E-state index contributed by atoms with van der Waals surface area (Å²) in [6.07, 6.45) is 5.15. The second-order valence-corrected chi connectivity index (χ2v) is 5.94. The van der Waals surface area contributed by atoms with Crippen molar-refractivity contribution in [3.8, 4) is 0 Å². The minimum atomic E-state index is 0.462. The molecule has 2 unspecified atom stereocenters. The lowest BCUT2D eigenvalue weighted by Gasteiger charge is -2.22. The van der Waals surface area contributed by atoms with Crippen molar-refractivity contribution in [3.05, 3.63) is 34.4 Å². The second kappa shape index (κ2) is 6.53. The Balaban J connectivity index is 2.05. The highest BCUT2D eigenvalue weighted by Gasteiger charge is 2.21. The summed E-state index contributed by atoms with van der Waals surface area (Å²) in [4.78, 5) is 0. The van der Waals surface area contributed by atoms with Gasteiger partial charge in [-0.25, -0.2) is 0 Å². The van der Waals surface area contributed by atoms with Gasteiger partial charge in [0.15, 0.2) is 0 Å². The van der Waals surface area contributed by atoms with Gasteiger partial charge in [0.2, 0.25) is 0 Å². The number of rotatable bonds is 5. The Morgan fingerprint density at radius 2 is 1.95 bits per heavy atom. The van der Waals surface area contributed by atoms with Crippen LogP contribution in [0, 0.1) is 20.8 Å². The summed E-state index contributed by atoms with van der Waals surface area (Å²) in [5.41, 5.74) is 5.71. The van der Waals surface area contributed by atoms with Crippen LogP contribution in [-0.4, -0.2) is 25.8 Å². The summed E-state index contributed by atoms with van der Waals surface area (Å²) in [5, 5.41) is 3.47. The predicted molar refractivity (Wildman–Crippen MR) is 80.8 cm³/mol. The summed E-state index contributed by atoms with van der Waals surface area (Å²) in [5.74, 6) is 0.